The second-order valence-corrected chi connectivity index (χ2v) is 4.36. The molecule has 0 saturated carbocycles. The second kappa shape index (κ2) is 7.32. The van der Waals surface area contributed by atoms with Gasteiger partial charge in [-0.25, -0.2) is 4.98 Å². The van der Waals surface area contributed by atoms with E-state index in [9.17, 15) is 4.79 Å². The Labute approximate surface area is 99.0 Å². The third-order valence-corrected chi connectivity index (χ3v) is 2.69. The van der Waals surface area contributed by atoms with Gasteiger partial charge >= 0.3 is 0 Å². The van der Waals surface area contributed by atoms with E-state index in [1.807, 2.05) is 12.3 Å². The van der Waals surface area contributed by atoms with Crippen LogP contribution in [0.1, 0.15) is 10.7 Å². The Kier molecular flexibility index (Phi) is 5.99. The predicted octanol–water partition coefficient (Wildman–Crippen LogP) is 0.0855. The summed E-state index contributed by atoms with van der Waals surface area (Å²) < 4.78 is 5.00. The molecule has 5 nitrogen and oxygen atoms in total. The van der Waals surface area contributed by atoms with Crippen LogP contribution in [0, 0.1) is 6.92 Å². The van der Waals surface area contributed by atoms with Crippen molar-refractivity contribution in [2.24, 2.45) is 5.73 Å². The lowest BCUT2D eigenvalue weighted by molar-refractivity contribution is -0.125. The molecule has 3 N–H and O–H groups in total. The lowest BCUT2D eigenvalue weighted by Gasteiger charge is -2.04. The number of nitrogens with zero attached hydrogens (tertiary/aromatic N) is 1. The number of hydrogen-bond donors (Lipinski definition) is 2. The van der Waals surface area contributed by atoms with Gasteiger partial charge in [0, 0.05) is 24.9 Å². The third kappa shape index (κ3) is 5.20. The summed E-state index contributed by atoms with van der Waals surface area (Å²) in [6.45, 7) is 3.48. The highest BCUT2D eigenvalue weighted by atomic mass is 32.1. The number of carbonyl (C=O) groups is 1. The molecule has 0 aliphatic heterocycles. The number of amides is 1. The third-order valence-electron chi connectivity index (χ3n) is 1.87. The van der Waals surface area contributed by atoms with Crippen LogP contribution in [0.4, 0.5) is 0 Å². The van der Waals surface area contributed by atoms with Crippen LogP contribution in [0.3, 0.4) is 0 Å². The molecule has 0 unspecified atom stereocenters. The average Bonchev–Trinajstić information content (AvgIpc) is 2.65. The highest BCUT2D eigenvalue weighted by Crippen LogP contribution is 2.07. The summed E-state index contributed by atoms with van der Waals surface area (Å²) in [5.41, 5.74) is 6.25. The lowest BCUT2D eigenvalue weighted by Crippen LogP contribution is -2.30. The highest BCUT2D eigenvalue weighted by molar-refractivity contribution is 7.09. The molecule has 1 amide bonds. The van der Waals surface area contributed by atoms with E-state index in [-0.39, 0.29) is 12.5 Å². The van der Waals surface area contributed by atoms with E-state index in [0.29, 0.717) is 19.7 Å². The first-order valence-corrected chi connectivity index (χ1v) is 6.06. The Morgan fingerprint density at radius 3 is 3.12 bits per heavy atom. The zero-order chi connectivity index (χ0) is 11.8. The lowest BCUT2D eigenvalue weighted by atomic mass is 10.3. The molecule has 0 saturated heterocycles. The van der Waals surface area contributed by atoms with Crippen LogP contribution >= 0.6 is 11.3 Å². The Balaban J connectivity index is 2.08. The number of rotatable bonds is 7. The van der Waals surface area contributed by atoms with Gasteiger partial charge in [-0.15, -0.1) is 11.3 Å². The molecule has 0 aromatic carbocycles. The largest absolute Gasteiger partial charge is 0.370 e. The highest BCUT2D eigenvalue weighted by Gasteiger charge is 2.02. The van der Waals surface area contributed by atoms with Crippen LogP contribution in [-0.2, 0) is 16.0 Å². The van der Waals surface area contributed by atoms with Crippen molar-refractivity contribution in [1.82, 2.24) is 10.3 Å². The number of nitrogens with one attached hydrogen (secondary N) is 1. The summed E-state index contributed by atoms with van der Waals surface area (Å²) in [6.07, 6.45) is 0.757. The molecular formula is C10H17N3O2S. The molecule has 16 heavy (non-hydrogen) atoms. The van der Waals surface area contributed by atoms with E-state index >= 15 is 0 Å². The van der Waals surface area contributed by atoms with E-state index in [0.717, 1.165) is 17.1 Å². The van der Waals surface area contributed by atoms with Crippen LogP contribution in [0.5, 0.6) is 0 Å². The van der Waals surface area contributed by atoms with Crippen LogP contribution < -0.4 is 11.1 Å². The van der Waals surface area contributed by atoms with Crippen molar-refractivity contribution < 1.29 is 9.53 Å². The van der Waals surface area contributed by atoms with E-state index in [2.05, 4.69) is 10.3 Å². The molecular weight excluding hydrogens is 226 g/mol. The zero-order valence-corrected chi connectivity index (χ0v) is 10.2. The molecule has 1 aromatic heterocycles. The molecule has 0 spiro atoms. The van der Waals surface area contributed by atoms with Crippen LogP contribution in [-0.4, -0.2) is 37.2 Å². The summed E-state index contributed by atoms with van der Waals surface area (Å²) in [7, 11) is 0. The molecule has 1 heterocycles. The fraction of sp³-hybridized carbons (Fsp3) is 0.600. The zero-order valence-electron chi connectivity index (χ0n) is 9.36. The van der Waals surface area contributed by atoms with Gasteiger partial charge in [0.25, 0.3) is 0 Å². The molecule has 90 valence electrons. The molecule has 0 atom stereocenters. The second-order valence-electron chi connectivity index (χ2n) is 3.30. The van der Waals surface area contributed by atoms with Crippen LogP contribution in [0.2, 0.25) is 0 Å². The van der Waals surface area contributed by atoms with E-state index in [1.54, 1.807) is 11.3 Å². The van der Waals surface area contributed by atoms with Crippen molar-refractivity contribution in [3.05, 3.63) is 16.1 Å². The molecule has 0 bridgehead atoms. The molecule has 0 fully saturated rings. The minimum Gasteiger partial charge on any atom is -0.370 e. The Morgan fingerprint density at radius 2 is 2.50 bits per heavy atom. The topological polar surface area (TPSA) is 77.2 Å². The van der Waals surface area contributed by atoms with Gasteiger partial charge in [-0.05, 0) is 6.92 Å². The SMILES string of the molecule is Cc1nc(CCNC(=O)COCCN)cs1. The maximum atomic E-state index is 11.2. The van der Waals surface area contributed by atoms with E-state index in [4.69, 9.17) is 10.5 Å². The Hall–Kier alpha value is -0.980. The number of aryl methyl sites for hydroxylation is 1. The van der Waals surface area contributed by atoms with Gasteiger partial charge < -0.3 is 15.8 Å². The number of thiazole rings is 1. The standard InChI is InChI=1S/C10H17N3O2S/c1-8-13-9(7-16-8)2-4-12-10(14)6-15-5-3-11/h7H,2-6,11H2,1H3,(H,12,14). The van der Waals surface area contributed by atoms with Crippen molar-refractivity contribution in [3.63, 3.8) is 0 Å². The van der Waals surface area contributed by atoms with Crippen molar-refractivity contribution in [2.45, 2.75) is 13.3 Å². The number of carbonyl (C=O) groups excluding carboxylic acids is 1. The van der Waals surface area contributed by atoms with Crippen LogP contribution in [0.25, 0.3) is 0 Å². The molecule has 0 radical (unpaired) electrons. The van der Waals surface area contributed by atoms with Crippen molar-refractivity contribution in [1.29, 1.82) is 0 Å². The van der Waals surface area contributed by atoms with E-state index in [1.165, 1.54) is 0 Å². The quantitative estimate of drug-likeness (QED) is 0.665. The minimum atomic E-state index is -0.111. The molecule has 1 aromatic rings. The number of ether oxygens (including phenoxy) is 1. The summed E-state index contributed by atoms with van der Waals surface area (Å²) in [6, 6.07) is 0. The fourth-order valence-corrected chi connectivity index (χ4v) is 1.80. The van der Waals surface area contributed by atoms with Gasteiger partial charge in [-0.3, -0.25) is 4.79 Å². The van der Waals surface area contributed by atoms with Crippen molar-refractivity contribution in [2.75, 3.05) is 26.3 Å². The average molecular weight is 243 g/mol. The Bertz CT molecular complexity index is 328. The summed E-state index contributed by atoms with van der Waals surface area (Å²) >= 11 is 1.62. The molecule has 0 aliphatic rings. The number of nitrogens with two attached hydrogens (primary N) is 1. The van der Waals surface area contributed by atoms with Gasteiger partial charge in [0.05, 0.1) is 17.3 Å². The van der Waals surface area contributed by atoms with Crippen LogP contribution in [0.15, 0.2) is 5.38 Å². The number of hydrogen-bond acceptors (Lipinski definition) is 5. The van der Waals surface area contributed by atoms with Gasteiger partial charge in [0.15, 0.2) is 0 Å². The Morgan fingerprint density at radius 1 is 1.69 bits per heavy atom. The molecule has 6 heteroatoms. The normalized spacial score (nSPS) is 10.4. The molecule has 1 rings (SSSR count). The van der Waals surface area contributed by atoms with E-state index < -0.39 is 0 Å². The number of aromatic nitrogens is 1. The molecule has 0 aliphatic carbocycles. The monoisotopic (exact) mass is 243 g/mol. The van der Waals surface area contributed by atoms with Crippen molar-refractivity contribution >= 4 is 17.2 Å². The first kappa shape index (κ1) is 13.1. The maximum absolute atomic E-state index is 11.2. The first-order chi connectivity index (χ1) is 7.72. The summed E-state index contributed by atoms with van der Waals surface area (Å²) in [5, 5.41) is 5.81. The smallest absolute Gasteiger partial charge is 0.246 e. The maximum Gasteiger partial charge on any atom is 0.246 e. The first-order valence-electron chi connectivity index (χ1n) is 5.18. The van der Waals surface area contributed by atoms with Crippen molar-refractivity contribution in [3.8, 4) is 0 Å². The fourth-order valence-electron chi connectivity index (χ4n) is 1.15. The van der Waals surface area contributed by atoms with Gasteiger partial charge in [0.2, 0.25) is 5.91 Å². The van der Waals surface area contributed by atoms with Gasteiger partial charge in [0.1, 0.15) is 6.61 Å². The van der Waals surface area contributed by atoms with Gasteiger partial charge in [-0.1, -0.05) is 0 Å². The van der Waals surface area contributed by atoms with Gasteiger partial charge in [-0.2, -0.15) is 0 Å². The summed E-state index contributed by atoms with van der Waals surface area (Å²) in [5.74, 6) is -0.111. The summed E-state index contributed by atoms with van der Waals surface area (Å²) in [4.78, 5) is 15.5. The predicted molar refractivity (Wildman–Crippen MR) is 63.4 cm³/mol. The minimum absolute atomic E-state index is 0.0767.